The zero-order valence-corrected chi connectivity index (χ0v) is 15.2. The van der Waals surface area contributed by atoms with Crippen molar-refractivity contribution in [2.24, 2.45) is 10.2 Å². The van der Waals surface area contributed by atoms with Crippen molar-refractivity contribution in [3.8, 4) is 0 Å². The van der Waals surface area contributed by atoms with Gasteiger partial charge in [-0.1, -0.05) is 50.3 Å². The molecule has 0 saturated heterocycles. The van der Waals surface area contributed by atoms with Crippen LogP contribution >= 0.6 is 0 Å². The number of esters is 1. The first-order chi connectivity index (χ1) is 12.2. The summed E-state index contributed by atoms with van der Waals surface area (Å²) in [6.45, 7) is 9.80. The lowest BCUT2D eigenvalue weighted by molar-refractivity contribution is -0.137. The molecule has 2 rings (SSSR count). The summed E-state index contributed by atoms with van der Waals surface area (Å²) in [4.78, 5) is 10.9. The molecular formula is C21H26N2O2. The minimum Gasteiger partial charge on any atom is -0.463 e. The molecule has 0 saturated carbocycles. The van der Waals surface area contributed by atoms with Crippen LogP contribution in [0.25, 0.3) is 0 Å². The SMILES string of the molecule is C=CC(=O)OCCCc1ccc(N=Nc2ccc(C)cc2)cc1.CC. The van der Waals surface area contributed by atoms with Crippen LogP contribution in [-0.2, 0) is 16.0 Å². The number of carbonyl (C=O) groups excluding carboxylic acids is 1. The fourth-order valence-corrected chi connectivity index (χ4v) is 1.96. The molecule has 0 bridgehead atoms. The van der Waals surface area contributed by atoms with Gasteiger partial charge in [0, 0.05) is 6.08 Å². The second-order valence-corrected chi connectivity index (χ2v) is 5.18. The van der Waals surface area contributed by atoms with Gasteiger partial charge in [-0.2, -0.15) is 10.2 Å². The molecule has 0 unspecified atom stereocenters. The van der Waals surface area contributed by atoms with Crippen LogP contribution in [0.3, 0.4) is 0 Å². The third-order valence-corrected chi connectivity index (χ3v) is 3.27. The van der Waals surface area contributed by atoms with Gasteiger partial charge in [-0.3, -0.25) is 0 Å². The lowest BCUT2D eigenvalue weighted by atomic mass is 10.1. The molecule has 0 spiro atoms. The van der Waals surface area contributed by atoms with E-state index in [9.17, 15) is 4.79 Å². The number of azo groups is 1. The molecule has 2 aromatic rings. The molecule has 0 fully saturated rings. The molecule has 25 heavy (non-hydrogen) atoms. The average Bonchev–Trinajstić information content (AvgIpc) is 2.67. The Balaban J connectivity index is 0.00000151. The predicted octanol–water partition coefficient (Wildman–Crippen LogP) is 6.10. The molecule has 0 aliphatic rings. The highest BCUT2D eigenvalue weighted by Crippen LogP contribution is 2.19. The average molecular weight is 338 g/mol. The van der Waals surface area contributed by atoms with Crippen molar-refractivity contribution in [2.45, 2.75) is 33.6 Å². The summed E-state index contributed by atoms with van der Waals surface area (Å²) in [5.41, 5.74) is 4.03. The number of hydrogen-bond donors (Lipinski definition) is 0. The number of ether oxygens (including phenoxy) is 1. The Bertz CT molecular complexity index is 674. The molecule has 2 aromatic carbocycles. The smallest absolute Gasteiger partial charge is 0.330 e. The quantitative estimate of drug-likeness (QED) is 0.265. The minimum atomic E-state index is -0.378. The van der Waals surface area contributed by atoms with Crippen LogP contribution in [0, 0.1) is 6.92 Å². The van der Waals surface area contributed by atoms with Crippen LogP contribution in [0.4, 0.5) is 11.4 Å². The second kappa shape index (κ2) is 11.7. The van der Waals surface area contributed by atoms with Gasteiger partial charge in [0.15, 0.2) is 0 Å². The summed E-state index contributed by atoms with van der Waals surface area (Å²) < 4.78 is 4.94. The molecule has 0 aliphatic heterocycles. The number of hydrogen-bond acceptors (Lipinski definition) is 4. The maximum Gasteiger partial charge on any atom is 0.330 e. The Labute approximate surface area is 150 Å². The Hall–Kier alpha value is -2.75. The summed E-state index contributed by atoms with van der Waals surface area (Å²) in [7, 11) is 0. The number of benzene rings is 2. The fourth-order valence-electron chi connectivity index (χ4n) is 1.96. The molecule has 0 radical (unpaired) electrons. The topological polar surface area (TPSA) is 51.0 Å². The molecule has 0 heterocycles. The van der Waals surface area contributed by atoms with E-state index in [4.69, 9.17) is 4.74 Å². The zero-order valence-electron chi connectivity index (χ0n) is 15.2. The van der Waals surface area contributed by atoms with Crippen molar-refractivity contribution in [1.29, 1.82) is 0 Å². The van der Waals surface area contributed by atoms with E-state index in [1.165, 1.54) is 17.2 Å². The molecule has 0 atom stereocenters. The first-order valence-electron chi connectivity index (χ1n) is 8.54. The van der Waals surface area contributed by atoms with Gasteiger partial charge in [0.05, 0.1) is 18.0 Å². The van der Waals surface area contributed by atoms with Gasteiger partial charge in [0.1, 0.15) is 0 Å². The fraction of sp³-hybridized carbons (Fsp3) is 0.286. The van der Waals surface area contributed by atoms with Crippen LogP contribution in [0.1, 0.15) is 31.4 Å². The lowest BCUT2D eigenvalue weighted by Crippen LogP contribution is -2.02. The summed E-state index contributed by atoms with van der Waals surface area (Å²) >= 11 is 0. The highest BCUT2D eigenvalue weighted by molar-refractivity contribution is 5.81. The van der Waals surface area contributed by atoms with Crippen molar-refractivity contribution in [3.63, 3.8) is 0 Å². The number of aryl methyl sites for hydroxylation is 2. The first-order valence-corrected chi connectivity index (χ1v) is 8.54. The molecule has 132 valence electrons. The van der Waals surface area contributed by atoms with Gasteiger partial charge < -0.3 is 4.74 Å². The Kier molecular flexibility index (Phi) is 9.53. The Morgan fingerprint density at radius 1 is 1.00 bits per heavy atom. The molecular weight excluding hydrogens is 312 g/mol. The van der Waals surface area contributed by atoms with E-state index in [0.717, 1.165) is 24.2 Å². The molecule has 4 nitrogen and oxygen atoms in total. The minimum absolute atomic E-state index is 0.378. The van der Waals surface area contributed by atoms with Gasteiger partial charge >= 0.3 is 5.97 Å². The number of rotatable bonds is 7. The van der Waals surface area contributed by atoms with Crippen molar-refractivity contribution >= 4 is 17.3 Å². The molecule has 0 N–H and O–H groups in total. The highest BCUT2D eigenvalue weighted by atomic mass is 16.5. The van der Waals surface area contributed by atoms with Gasteiger partial charge in [0.2, 0.25) is 0 Å². The normalized spacial score (nSPS) is 10.0. The van der Waals surface area contributed by atoms with E-state index in [-0.39, 0.29) is 5.97 Å². The monoisotopic (exact) mass is 338 g/mol. The molecule has 4 heteroatoms. The van der Waals surface area contributed by atoms with Crippen LogP contribution in [0.2, 0.25) is 0 Å². The summed E-state index contributed by atoms with van der Waals surface area (Å²) in [6.07, 6.45) is 2.80. The van der Waals surface area contributed by atoms with Crippen molar-refractivity contribution in [3.05, 3.63) is 72.3 Å². The zero-order chi connectivity index (χ0) is 18.5. The molecule has 0 aliphatic carbocycles. The molecule has 0 aromatic heterocycles. The van der Waals surface area contributed by atoms with Crippen LogP contribution in [0.15, 0.2) is 71.4 Å². The first kappa shape index (κ1) is 20.3. The van der Waals surface area contributed by atoms with Crippen molar-refractivity contribution < 1.29 is 9.53 Å². The summed E-state index contributed by atoms with van der Waals surface area (Å²) in [5.74, 6) is -0.378. The van der Waals surface area contributed by atoms with E-state index in [2.05, 4.69) is 16.8 Å². The van der Waals surface area contributed by atoms with Gasteiger partial charge in [0.25, 0.3) is 0 Å². The highest BCUT2D eigenvalue weighted by Gasteiger charge is 1.98. The van der Waals surface area contributed by atoms with Crippen molar-refractivity contribution in [1.82, 2.24) is 0 Å². The maximum atomic E-state index is 10.9. The Morgan fingerprint density at radius 2 is 1.52 bits per heavy atom. The summed E-state index contributed by atoms with van der Waals surface area (Å²) in [5, 5.41) is 8.43. The second-order valence-electron chi connectivity index (χ2n) is 5.18. The molecule has 0 amide bonds. The van der Waals surface area contributed by atoms with Gasteiger partial charge in [-0.15, -0.1) is 0 Å². The maximum absolute atomic E-state index is 10.9. The van der Waals surface area contributed by atoms with Crippen LogP contribution in [-0.4, -0.2) is 12.6 Å². The standard InChI is InChI=1S/C19H20N2O2.C2H6/c1-3-19(22)23-14-4-5-16-8-12-18(13-9-16)21-20-17-10-6-15(2)7-11-17;1-2/h3,6-13H,1,4-5,14H2,2H3;1-2H3. The van der Waals surface area contributed by atoms with Crippen LogP contribution < -0.4 is 0 Å². The van der Waals surface area contributed by atoms with E-state index in [0.29, 0.717) is 6.61 Å². The Morgan fingerprint density at radius 3 is 2.04 bits per heavy atom. The van der Waals surface area contributed by atoms with Crippen molar-refractivity contribution in [2.75, 3.05) is 6.61 Å². The van der Waals surface area contributed by atoms with Crippen LogP contribution in [0.5, 0.6) is 0 Å². The largest absolute Gasteiger partial charge is 0.463 e. The third kappa shape index (κ3) is 8.06. The van der Waals surface area contributed by atoms with E-state index < -0.39 is 0 Å². The number of carbonyl (C=O) groups is 1. The van der Waals surface area contributed by atoms with Gasteiger partial charge in [-0.25, -0.2) is 4.79 Å². The third-order valence-electron chi connectivity index (χ3n) is 3.27. The lowest BCUT2D eigenvalue weighted by Gasteiger charge is -2.03. The van der Waals surface area contributed by atoms with E-state index >= 15 is 0 Å². The van der Waals surface area contributed by atoms with Gasteiger partial charge in [-0.05, 0) is 49.6 Å². The van der Waals surface area contributed by atoms with E-state index in [1.807, 2.05) is 69.3 Å². The van der Waals surface area contributed by atoms with E-state index in [1.54, 1.807) is 0 Å². The predicted molar refractivity (Wildman–Crippen MR) is 103 cm³/mol. The number of nitrogens with zero attached hydrogens (tertiary/aromatic N) is 2. The summed E-state index contributed by atoms with van der Waals surface area (Å²) in [6, 6.07) is 15.8.